The molecule has 0 aromatic rings. The second kappa shape index (κ2) is 52.8. The molecule has 0 heterocycles. The van der Waals surface area contributed by atoms with E-state index in [1.54, 1.807) is 0 Å². The number of ether oxygens (including phenoxy) is 2. The quantitative estimate of drug-likeness (QED) is 0.0211. The van der Waals surface area contributed by atoms with Crippen molar-refractivity contribution >= 4 is 19.8 Å². The van der Waals surface area contributed by atoms with Gasteiger partial charge in [0.05, 0.1) is 27.7 Å². The molecule has 1 N–H and O–H groups in total. The van der Waals surface area contributed by atoms with Gasteiger partial charge in [-0.05, 0) is 51.4 Å². The molecule has 0 saturated carbocycles. The summed E-state index contributed by atoms with van der Waals surface area (Å²) in [5.41, 5.74) is 0. The van der Waals surface area contributed by atoms with Gasteiger partial charge in [0.1, 0.15) is 19.8 Å². The van der Waals surface area contributed by atoms with Gasteiger partial charge in [-0.25, -0.2) is 4.57 Å². The fraction of sp³-hybridized carbons (Fsp3) is 0.836. The summed E-state index contributed by atoms with van der Waals surface area (Å²) in [4.78, 5) is 35.7. The Bertz CT molecular complexity index is 1340. The number of hydrogen-bond donors (Lipinski definition) is 1. The van der Waals surface area contributed by atoms with Crippen LogP contribution in [0.15, 0.2) is 48.6 Å². The number of carbonyl (C=O) groups excluding carboxylic acids is 2. The molecular formula is C61H115NO8P+. The van der Waals surface area contributed by atoms with E-state index in [9.17, 15) is 19.0 Å². The Kier molecular flexibility index (Phi) is 51.3. The lowest BCUT2D eigenvalue weighted by atomic mass is 10.0. The number of unbranched alkanes of at least 4 members (excludes halogenated alkanes) is 33. The fourth-order valence-corrected chi connectivity index (χ4v) is 9.28. The SMILES string of the molecule is CC/C=C\C/C=C\C/C=C\C/C=C\CCCCCCCCCCCCCCCCC(=O)OC(COC(=O)CCCCCCCCCCCCCCCCCCCCCC)COP(=O)(O)OCC[N+](C)(C)C. The van der Waals surface area contributed by atoms with Crippen molar-refractivity contribution in [2.24, 2.45) is 0 Å². The topological polar surface area (TPSA) is 108 Å². The van der Waals surface area contributed by atoms with Gasteiger partial charge in [-0.2, -0.15) is 0 Å². The number of nitrogens with zero attached hydrogens (tertiary/aromatic N) is 1. The Morgan fingerprint density at radius 1 is 0.451 bits per heavy atom. The monoisotopic (exact) mass is 1020 g/mol. The highest BCUT2D eigenvalue weighted by Gasteiger charge is 2.27. The molecule has 0 aromatic heterocycles. The van der Waals surface area contributed by atoms with E-state index >= 15 is 0 Å². The van der Waals surface area contributed by atoms with Gasteiger partial charge in [0.25, 0.3) is 0 Å². The van der Waals surface area contributed by atoms with Crippen LogP contribution in [0.3, 0.4) is 0 Å². The summed E-state index contributed by atoms with van der Waals surface area (Å²) in [6, 6.07) is 0. The van der Waals surface area contributed by atoms with E-state index in [1.165, 1.54) is 186 Å². The molecule has 10 heteroatoms. The summed E-state index contributed by atoms with van der Waals surface area (Å²) in [7, 11) is 1.49. The van der Waals surface area contributed by atoms with E-state index in [0.29, 0.717) is 23.9 Å². The summed E-state index contributed by atoms with van der Waals surface area (Å²) < 4.78 is 34.6. The molecule has 0 aliphatic heterocycles. The van der Waals surface area contributed by atoms with Crippen LogP contribution in [-0.2, 0) is 32.7 Å². The first kappa shape index (κ1) is 69.0. The second-order valence-corrected chi connectivity index (χ2v) is 22.8. The van der Waals surface area contributed by atoms with Crippen molar-refractivity contribution in [2.45, 2.75) is 283 Å². The van der Waals surface area contributed by atoms with E-state index in [4.69, 9.17) is 18.5 Å². The molecule has 416 valence electrons. The Labute approximate surface area is 439 Å². The van der Waals surface area contributed by atoms with Gasteiger partial charge < -0.3 is 18.9 Å². The first-order chi connectivity index (χ1) is 34.5. The number of hydrogen-bond acceptors (Lipinski definition) is 7. The first-order valence-electron chi connectivity index (χ1n) is 29.9. The number of likely N-dealkylation sites (N-methyl/N-ethyl adjacent to an activating group) is 1. The average Bonchev–Trinajstić information content (AvgIpc) is 3.33. The highest BCUT2D eigenvalue weighted by atomic mass is 31.2. The zero-order valence-corrected chi connectivity index (χ0v) is 48.1. The number of carbonyl (C=O) groups is 2. The third-order valence-electron chi connectivity index (χ3n) is 13.1. The van der Waals surface area contributed by atoms with Crippen LogP contribution in [0.2, 0.25) is 0 Å². The van der Waals surface area contributed by atoms with Crippen molar-refractivity contribution in [1.82, 2.24) is 0 Å². The van der Waals surface area contributed by atoms with Crippen molar-refractivity contribution in [1.29, 1.82) is 0 Å². The lowest BCUT2D eigenvalue weighted by molar-refractivity contribution is -0.870. The summed E-state index contributed by atoms with van der Waals surface area (Å²) in [5, 5.41) is 0. The fourth-order valence-electron chi connectivity index (χ4n) is 8.54. The largest absolute Gasteiger partial charge is 0.472 e. The zero-order valence-electron chi connectivity index (χ0n) is 47.2. The van der Waals surface area contributed by atoms with E-state index in [2.05, 4.69) is 62.5 Å². The van der Waals surface area contributed by atoms with Gasteiger partial charge in [0.15, 0.2) is 6.10 Å². The Morgan fingerprint density at radius 2 is 0.803 bits per heavy atom. The van der Waals surface area contributed by atoms with Crippen LogP contribution in [0.5, 0.6) is 0 Å². The number of rotatable bonds is 55. The molecule has 0 rings (SSSR count). The minimum Gasteiger partial charge on any atom is -0.462 e. The van der Waals surface area contributed by atoms with Gasteiger partial charge in [-0.3, -0.25) is 18.6 Å². The normalized spacial score (nSPS) is 13.6. The van der Waals surface area contributed by atoms with Gasteiger partial charge >= 0.3 is 19.8 Å². The maximum absolute atomic E-state index is 12.8. The van der Waals surface area contributed by atoms with Crippen molar-refractivity contribution in [3.63, 3.8) is 0 Å². The molecule has 0 fully saturated rings. The molecule has 71 heavy (non-hydrogen) atoms. The molecule has 0 spiro atoms. The van der Waals surface area contributed by atoms with Gasteiger partial charge in [0.2, 0.25) is 0 Å². The highest BCUT2D eigenvalue weighted by Crippen LogP contribution is 2.43. The second-order valence-electron chi connectivity index (χ2n) is 21.4. The number of esters is 2. The van der Waals surface area contributed by atoms with Crippen LogP contribution in [0, 0.1) is 0 Å². The van der Waals surface area contributed by atoms with Crippen LogP contribution >= 0.6 is 7.82 Å². The maximum atomic E-state index is 12.8. The third kappa shape index (κ3) is 57.1. The van der Waals surface area contributed by atoms with E-state index in [0.717, 1.165) is 57.8 Å². The van der Waals surface area contributed by atoms with E-state index in [1.807, 2.05) is 21.1 Å². The summed E-state index contributed by atoms with van der Waals surface area (Å²) in [6.07, 6.45) is 66.1. The molecule has 0 bridgehead atoms. The zero-order chi connectivity index (χ0) is 52.0. The minimum absolute atomic E-state index is 0.0329. The summed E-state index contributed by atoms with van der Waals surface area (Å²) >= 11 is 0. The van der Waals surface area contributed by atoms with Crippen LogP contribution in [0.25, 0.3) is 0 Å². The van der Waals surface area contributed by atoms with Gasteiger partial charge in [-0.1, -0.05) is 262 Å². The highest BCUT2D eigenvalue weighted by molar-refractivity contribution is 7.47. The number of phosphoric ester groups is 1. The molecule has 2 unspecified atom stereocenters. The van der Waals surface area contributed by atoms with Crippen LogP contribution < -0.4 is 0 Å². The summed E-state index contributed by atoms with van der Waals surface area (Å²) in [6.45, 7) is 4.37. The molecule has 2 atom stereocenters. The molecule has 0 aromatic carbocycles. The van der Waals surface area contributed by atoms with Crippen molar-refractivity contribution < 1.29 is 42.1 Å². The molecule has 0 aliphatic rings. The van der Waals surface area contributed by atoms with Crippen LogP contribution in [-0.4, -0.2) is 74.9 Å². The van der Waals surface area contributed by atoms with Crippen LogP contribution in [0.4, 0.5) is 0 Å². The van der Waals surface area contributed by atoms with Gasteiger partial charge in [0, 0.05) is 12.8 Å². The van der Waals surface area contributed by atoms with E-state index in [-0.39, 0.29) is 25.6 Å². The number of quaternary nitrogens is 1. The van der Waals surface area contributed by atoms with Gasteiger partial charge in [-0.15, -0.1) is 0 Å². The molecule has 0 radical (unpaired) electrons. The number of phosphoric acid groups is 1. The predicted octanol–water partition coefficient (Wildman–Crippen LogP) is 18.5. The van der Waals surface area contributed by atoms with E-state index < -0.39 is 26.5 Å². The maximum Gasteiger partial charge on any atom is 0.472 e. The van der Waals surface area contributed by atoms with Crippen molar-refractivity contribution in [2.75, 3.05) is 47.5 Å². The van der Waals surface area contributed by atoms with Crippen molar-refractivity contribution in [3.8, 4) is 0 Å². The average molecular weight is 1020 g/mol. The molecule has 0 saturated heterocycles. The van der Waals surface area contributed by atoms with Crippen LogP contribution in [0.1, 0.15) is 277 Å². The predicted molar refractivity (Wildman–Crippen MR) is 303 cm³/mol. The lowest BCUT2D eigenvalue weighted by Gasteiger charge is -2.24. The Balaban J connectivity index is 4.11. The minimum atomic E-state index is -4.38. The van der Waals surface area contributed by atoms with Crippen molar-refractivity contribution in [3.05, 3.63) is 48.6 Å². The Hall–Kier alpha value is -2.03. The number of allylic oxidation sites excluding steroid dienone is 8. The molecular weight excluding hydrogens is 906 g/mol. The first-order valence-corrected chi connectivity index (χ1v) is 31.4. The Morgan fingerprint density at radius 3 is 1.20 bits per heavy atom. The summed E-state index contributed by atoms with van der Waals surface area (Å²) in [5.74, 6) is -0.784. The lowest BCUT2D eigenvalue weighted by Crippen LogP contribution is -2.37. The molecule has 9 nitrogen and oxygen atoms in total. The standard InChI is InChI=1S/C61H114NO8P/c1-6-8-10-12-14-16-18-20-22-24-26-28-29-30-31-32-33-34-36-38-40-42-44-46-48-50-52-54-61(64)70-59(58-69-71(65,66)68-56-55-62(3,4)5)57-67-60(63)53-51-49-47-45-43-41-39-37-35-27-25-23-21-19-17-15-13-11-9-7-2/h8,10,14,16,20,22,26,28,59H,6-7,9,11-13,15,17-19,21,23-25,27,29-58H2,1-5H3/p+1/b10-8-,16-14-,22-20-,28-26-. The molecule has 0 aliphatic carbocycles. The smallest absolute Gasteiger partial charge is 0.462 e. The molecule has 0 amide bonds. The third-order valence-corrected chi connectivity index (χ3v) is 14.1.